The molecular weight excluding hydrogens is 342 g/mol. The maximum atomic E-state index is 12.8. The molecule has 2 saturated heterocycles. The lowest BCUT2D eigenvalue weighted by Gasteiger charge is -2.36. The van der Waals surface area contributed by atoms with Crippen LogP contribution in [0, 0.1) is 0 Å². The molecule has 2 aliphatic rings. The summed E-state index contributed by atoms with van der Waals surface area (Å²) in [4.78, 5) is 0. The Bertz CT molecular complexity index is 334. The summed E-state index contributed by atoms with van der Waals surface area (Å²) >= 11 is 0. The lowest BCUT2D eigenvalue weighted by molar-refractivity contribution is -0.274. The Balaban J connectivity index is 0.000000240. The highest BCUT2D eigenvalue weighted by Crippen LogP contribution is 2.22. The molecule has 0 aromatic rings. The smallest absolute Gasteiger partial charge is 0.184 e. The average molecular weight is 364 g/mol. The van der Waals surface area contributed by atoms with Gasteiger partial charge in [-0.3, -0.25) is 0 Å². The van der Waals surface area contributed by atoms with E-state index in [2.05, 4.69) is 9.47 Å². The van der Waals surface area contributed by atoms with E-state index < -0.39 is 74.8 Å². The second kappa shape index (κ2) is 9.24. The Kier molecular flexibility index (Phi) is 8.28. The van der Waals surface area contributed by atoms with Crippen LogP contribution in [0.5, 0.6) is 0 Å². The summed E-state index contributed by atoms with van der Waals surface area (Å²) in [5, 5.41) is 70.4. The van der Waals surface area contributed by atoms with Crippen LogP contribution in [0.1, 0.15) is 0 Å². The monoisotopic (exact) mass is 364 g/mol. The van der Waals surface area contributed by atoms with Crippen molar-refractivity contribution in [3.63, 3.8) is 0 Å². The van der Waals surface area contributed by atoms with Crippen LogP contribution in [-0.4, -0.2) is 116 Å². The summed E-state index contributed by atoms with van der Waals surface area (Å²) in [6.07, 6.45) is -16.5. The minimum Gasteiger partial charge on any atom is -0.394 e. The number of alkyl halides is 2. The van der Waals surface area contributed by atoms with Crippen molar-refractivity contribution >= 4 is 0 Å². The highest BCUT2D eigenvalue weighted by atomic mass is 19.1. The Labute approximate surface area is 135 Å². The third kappa shape index (κ3) is 4.76. The van der Waals surface area contributed by atoms with Crippen LogP contribution in [0.4, 0.5) is 8.78 Å². The van der Waals surface area contributed by atoms with Gasteiger partial charge in [0.1, 0.15) is 36.6 Å². The second-order valence-corrected chi connectivity index (χ2v) is 5.35. The van der Waals surface area contributed by atoms with E-state index in [1.54, 1.807) is 0 Å². The number of aliphatic hydroxyl groups excluding tert-OH is 8. The molecule has 0 bridgehead atoms. The van der Waals surface area contributed by atoms with Crippen molar-refractivity contribution in [3.05, 3.63) is 0 Å². The van der Waals surface area contributed by atoms with Crippen LogP contribution in [0.2, 0.25) is 0 Å². The zero-order valence-corrected chi connectivity index (χ0v) is 12.3. The van der Waals surface area contributed by atoms with Crippen LogP contribution in [-0.2, 0) is 9.47 Å². The fourth-order valence-electron chi connectivity index (χ4n) is 2.11. The topological polar surface area (TPSA) is 180 Å². The van der Waals surface area contributed by atoms with Crippen LogP contribution < -0.4 is 0 Å². The molecule has 0 amide bonds. The van der Waals surface area contributed by atoms with Crippen molar-refractivity contribution in [2.24, 2.45) is 0 Å². The fraction of sp³-hybridized carbons (Fsp3) is 1.00. The van der Waals surface area contributed by atoms with E-state index in [9.17, 15) is 8.78 Å². The summed E-state index contributed by atoms with van der Waals surface area (Å²) in [7, 11) is 0. The van der Waals surface area contributed by atoms with Gasteiger partial charge >= 0.3 is 0 Å². The van der Waals surface area contributed by atoms with Gasteiger partial charge in [0.05, 0.1) is 13.2 Å². The van der Waals surface area contributed by atoms with E-state index in [0.717, 1.165) is 0 Å². The van der Waals surface area contributed by atoms with Crippen molar-refractivity contribution in [2.45, 2.75) is 61.5 Å². The molecule has 144 valence electrons. The lowest BCUT2D eigenvalue weighted by Crippen LogP contribution is -2.56. The predicted molar refractivity (Wildman–Crippen MR) is 69.8 cm³/mol. The van der Waals surface area contributed by atoms with E-state index in [0.29, 0.717) is 0 Å². The normalized spacial score (nSPS) is 49.2. The summed E-state index contributed by atoms with van der Waals surface area (Å²) < 4.78 is 34.6. The van der Waals surface area contributed by atoms with Gasteiger partial charge in [0, 0.05) is 0 Å². The van der Waals surface area contributed by atoms with Crippen LogP contribution in [0.15, 0.2) is 0 Å². The highest BCUT2D eigenvalue weighted by Gasteiger charge is 2.44. The van der Waals surface area contributed by atoms with Crippen molar-refractivity contribution in [1.29, 1.82) is 0 Å². The summed E-state index contributed by atoms with van der Waals surface area (Å²) in [6.45, 7) is -1.21. The Morgan fingerprint density at radius 1 is 0.583 bits per heavy atom. The molecule has 2 aliphatic heterocycles. The van der Waals surface area contributed by atoms with Crippen LogP contribution in [0.3, 0.4) is 0 Å². The number of rotatable bonds is 2. The fourth-order valence-corrected chi connectivity index (χ4v) is 2.11. The Hall–Kier alpha value is -0.540. The van der Waals surface area contributed by atoms with Crippen molar-refractivity contribution in [3.8, 4) is 0 Å². The lowest BCUT2D eigenvalue weighted by atomic mass is 10.0. The molecule has 2 rings (SSSR count). The first-order valence-corrected chi connectivity index (χ1v) is 7.04. The number of ether oxygens (including phenoxy) is 2. The van der Waals surface area contributed by atoms with Crippen LogP contribution >= 0.6 is 0 Å². The Morgan fingerprint density at radius 2 is 0.875 bits per heavy atom. The van der Waals surface area contributed by atoms with Gasteiger partial charge in [0.15, 0.2) is 24.9 Å². The largest absolute Gasteiger partial charge is 0.394 e. The van der Waals surface area contributed by atoms with Crippen molar-refractivity contribution < 1.29 is 59.1 Å². The van der Waals surface area contributed by atoms with E-state index >= 15 is 0 Å². The first kappa shape index (κ1) is 21.5. The van der Waals surface area contributed by atoms with E-state index in [4.69, 9.17) is 40.9 Å². The standard InChI is InChI=1S/2C6H11FO5/c2*7-3-4(9)2(1-8)12-6(11)5(3)10/h2*2-6,8-11H,1H2/t2-,3+,4-,5-,6+;2-,3+,4-,5-,6-/m11/s1. The van der Waals surface area contributed by atoms with Crippen LogP contribution in [0.25, 0.3) is 0 Å². The third-order valence-corrected chi connectivity index (χ3v) is 3.64. The molecule has 0 aromatic carbocycles. The van der Waals surface area contributed by atoms with Gasteiger partial charge < -0.3 is 50.3 Å². The molecule has 0 aliphatic carbocycles. The minimum atomic E-state index is -1.99. The van der Waals surface area contributed by atoms with Gasteiger partial charge in [-0.2, -0.15) is 0 Å². The molecule has 0 spiro atoms. The molecule has 10 atom stereocenters. The molecule has 12 heteroatoms. The summed E-state index contributed by atoms with van der Waals surface area (Å²) in [5.74, 6) is 0. The Morgan fingerprint density at radius 3 is 1.12 bits per heavy atom. The maximum Gasteiger partial charge on any atom is 0.184 e. The molecule has 0 saturated carbocycles. The zero-order chi connectivity index (χ0) is 18.6. The first-order valence-electron chi connectivity index (χ1n) is 7.04. The van der Waals surface area contributed by atoms with Gasteiger partial charge in [-0.15, -0.1) is 0 Å². The van der Waals surface area contributed by atoms with Crippen molar-refractivity contribution in [2.75, 3.05) is 13.2 Å². The first-order chi connectivity index (χ1) is 11.1. The summed E-state index contributed by atoms with van der Waals surface area (Å²) in [5.41, 5.74) is 0. The van der Waals surface area contributed by atoms with E-state index in [-0.39, 0.29) is 0 Å². The van der Waals surface area contributed by atoms with Gasteiger partial charge in [-0.25, -0.2) is 8.78 Å². The zero-order valence-electron chi connectivity index (χ0n) is 12.3. The maximum absolute atomic E-state index is 12.8. The van der Waals surface area contributed by atoms with Gasteiger partial charge in [-0.1, -0.05) is 0 Å². The van der Waals surface area contributed by atoms with Gasteiger partial charge in [0.2, 0.25) is 0 Å². The molecule has 24 heavy (non-hydrogen) atoms. The molecule has 0 unspecified atom stereocenters. The molecule has 10 nitrogen and oxygen atoms in total. The quantitative estimate of drug-likeness (QED) is 0.238. The molecule has 2 fully saturated rings. The van der Waals surface area contributed by atoms with Gasteiger partial charge in [0.25, 0.3) is 0 Å². The number of hydrogen-bond donors (Lipinski definition) is 8. The molecule has 8 N–H and O–H groups in total. The molecule has 0 radical (unpaired) electrons. The minimum absolute atomic E-state index is 0.606. The third-order valence-electron chi connectivity index (χ3n) is 3.64. The second-order valence-electron chi connectivity index (χ2n) is 5.35. The molecule has 0 aromatic heterocycles. The average Bonchev–Trinajstić information content (AvgIpc) is 2.58. The van der Waals surface area contributed by atoms with E-state index in [1.807, 2.05) is 0 Å². The summed E-state index contributed by atoms with van der Waals surface area (Å²) in [6, 6.07) is 0. The SMILES string of the molecule is OC[C@H]1O[C@@H](O)[C@H](O)[C@@H](F)[C@@H]1O.OC[C@H]1O[C@H](O)[C@H](O)[C@@H](F)[C@@H]1O. The molecule has 2 heterocycles. The van der Waals surface area contributed by atoms with Crippen molar-refractivity contribution in [1.82, 2.24) is 0 Å². The number of halogens is 2. The number of hydrogen-bond acceptors (Lipinski definition) is 10. The molecular formula is C12H22F2O10. The highest BCUT2D eigenvalue weighted by molar-refractivity contribution is 4.89. The predicted octanol–water partition coefficient (Wildman–Crippen LogP) is -4.49. The van der Waals surface area contributed by atoms with Gasteiger partial charge in [-0.05, 0) is 0 Å². The number of aliphatic hydroxyl groups is 8. The van der Waals surface area contributed by atoms with E-state index in [1.165, 1.54) is 0 Å².